The lowest BCUT2D eigenvalue weighted by atomic mass is 10.1. The molecule has 7 nitrogen and oxygen atoms in total. The topological polar surface area (TPSA) is 86.8 Å². The van der Waals surface area contributed by atoms with Gasteiger partial charge in [-0.25, -0.2) is 8.42 Å². The summed E-state index contributed by atoms with van der Waals surface area (Å²) in [5.41, 5.74) is 2.71. The third-order valence-corrected chi connectivity index (χ3v) is 7.54. The van der Waals surface area contributed by atoms with E-state index in [1.54, 1.807) is 17.0 Å². The minimum absolute atomic E-state index is 0.0236. The molecule has 0 aliphatic rings. The number of anilines is 1. The molecule has 0 spiro atoms. The van der Waals surface area contributed by atoms with Crippen molar-refractivity contribution in [2.75, 3.05) is 23.7 Å². The largest absolute Gasteiger partial charge is 0.352 e. The van der Waals surface area contributed by atoms with Crippen molar-refractivity contribution >= 4 is 27.5 Å². The molecule has 2 amide bonds. The van der Waals surface area contributed by atoms with Crippen LogP contribution in [-0.4, -0.2) is 56.6 Å². The molecule has 0 saturated carbocycles. The van der Waals surface area contributed by atoms with E-state index in [9.17, 15) is 18.0 Å². The smallest absolute Gasteiger partial charge is 0.243 e. The number of rotatable bonds is 14. The van der Waals surface area contributed by atoms with Crippen LogP contribution in [0.25, 0.3) is 0 Å². The molecule has 0 bridgehead atoms. The van der Waals surface area contributed by atoms with E-state index in [2.05, 4.69) is 5.32 Å². The quantitative estimate of drug-likeness (QED) is 0.406. The van der Waals surface area contributed by atoms with Gasteiger partial charge in [0.25, 0.3) is 0 Å². The molecule has 0 saturated heterocycles. The Bertz CT molecular complexity index is 1070. The molecule has 0 heterocycles. The average Bonchev–Trinajstić information content (AvgIpc) is 2.84. The average molecular weight is 516 g/mol. The number of nitrogens with one attached hydrogen (secondary N) is 1. The Labute approximate surface area is 216 Å². The van der Waals surface area contributed by atoms with Crippen molar-refractivity contribution in [2.24, 2.45) is 0 Å². The highest BCUT2D eigenvalue weighted by molar-refractivity contribution is 7.92. The molecule has 0 radical (unpaired) electrons. The zero-order valence-corrected chi connectivity index (χ0v) is 23.1. The molecule has 0 aromatic heterocycles. The van der Waals surface area contributed by atoms with Gasteiger partial charge in [-0.15, -0.1) is 0 Å². The van der Waals surface area contributed by atoms with E-state index >= 15 is 0 Å². The second-order valence-corrected chi connectivity index (χ2v) is 11.2. The van der Waals surface area contributed by atoms with Gasteiger partial charge in [0.15, 0.2) is 0 Å². The van der Waals surface area contributed by atoms with E-state index in [1.807, 2.05) is 70.2 Å². The molecule has 36 heavy (non-hydrogen) atoms. The number of aryl methyl sites for hydroxylation is 1. The summed E-state index contributed by atoms with van der Waals surface area (Å²) in [6, 6.07) is 16.6. The molecule has 1 N–H and O–H groups in total. The highest BCUT2D eigenvalue weighted by atomic mass is 32.2. The predicted molar refractivity (Wildman–Crippen MR) is 146 cm³/mol. The van der Waals surface area contributed by atoms with Gasteiger partial charge < -0.3 is 10.2 Å². The number of carbonyl (C=O) groups excluding carboxylic acids is 2. The molecule has 8 heteroatoms. The fourth-order valence-corrected chi connectivity index (χ4v) is 5.02. The van der Waals surface area contributed by atoms with Crippen LogP contribution in [0.2, 0.25) is 0 Å². The number of hydrogen-bond donors (Lipinski definition) is 1. The number of hydrogen-bond acceptors (Lipinski definition) is 4. The molecule has 2 atom stereocenters. The maximum absolute atomic E-state index is 13.4. The van der Waals surface area contributed by atoms with Gasteiger partial charge in [-0.3, -0.25) is 13.9 Å². The number of sulfonamides is 1. The molecule has 0 aliphatic heterocycles. The van der Waals surface area contributed by atoms with E-state index in [-0.39, 0.29) is 30.8 Å². The zero-order valence-electron chi connectivity index (χ0n) is 22.2. The first-order valence-electron chi connectivity index (χ1n) is 12.7. The lowest BCUT2D eigenvalue weighted by molar-refractivity contribution is -0.141. The summed E-state index contributed by atoms with van der Waals surface area (Å²) < 4.78 is 26.2. The standard InChI is InChI=1S/C28H41N3O4S/c1-6-23(4)29-28(33)26(7-2)30(21-19-24-12-9-8-10-13-24)27(32)14-11-20-31(36(5,34)35)25-17-15-22(3)16-18-25/h8-10,12-13,15-18,23,26H,6-7,11,14,19-21H2,1-5H3,(H,29,33)/t23-,26-/m0/s1. The van der Waals surface area contributed by atoms with Crippen molar-refractivity contribution in [3.05, 3.63) is 65.7 Å². The van der Waals surface area contributed by atoms with Crippen molar-refractivity contribution < 1.29 is 18.0 Å². The van der Waals surface area contributed by atoms with Crippen LogP contribution in [-0.2, 0) is 26.0 Å². The first-order chi connectivity index (χ1) is 17.1. The molecule has 2 rings (SSSR count). The van der Waals surface area contributed by atoms with Crippen molar-refractivity contribution in [3.63, 3.8) is 0 Å². The van der Waals surface area contributed by atoms with Gasteiger partial charge in [-0.2, -0.15) is 0 Å². The van der Waals surface area contributed by atoms with Gasteiger partial charge in [0.05, 0.1) is 11.9 Å². The number of amides is 2. The zero-order chi connectivity index (χ0) is 26.7. The summed E-state index contributed by atoms with van der Waals surface area (Å²) in [7, 11) is -3.50. The summed E-state index contributed by atoms with van der Waals surface area (Å²) in [6.07, 6.45) is 3.62. The normalized spacial score (nSPS) is 13.0. The number of nitrogens with zero attached hydrogens (tertiary/aromatic N) is 2. The van der Waals surface area contributed by atoms with Gasteiger partial charge in [-0.1, -0.05) is 61.9 Å². The Morgan fingerprint density at radius 2 is 1.58 bits per heavy atom. The second kappa shape index (κ2) is 14.0. The van der Waals surface area contributed by atoms with Crippen LogP contribution in [0.15, 0.2) is 54.6 Å². The van der Waals surface area contributed by atoms with E-state index in [1.165, 1.54) is 10.6 Å². The Morgan fingerprint density at radius 1 is 0.944 bits per heavy atom. The van der Waals surface area contributed by atoms with Crippen LogP contribution >= 0.6 is 0 Å². The van der Waals surface area contributed by atoms with E-state index in [0.29, 0.717) is 31.5 Å². The first kappa shape index (κ1) is 29.4. The summed E-state index contributed by atoms with van der Waals surface area (Å²) in [5, 5.41) is 3.01. The summed E-state index contributed by atoms with van der Waals surface area (Å²) in [4.78, 5) is 28.1. The Hall–Kier alpha value is -2.87. The Balaban J connectivity index is 2.15. The fraction of sp³-hybridized carbons (Fsp3) is 0.500. The van der Waals surface area contributed by atoms with Crippen molar-refractivity contribution in [1.82, 2.24) is 10.2 Å². The highest BCUT2D eigenvalue weighted by Crippen LogP contribution is 2.20. The number of carbonyl (C=O) groups is 2. The van der Waals surface area contributed by atoms with Gasteiger partial charge in [-0.05, 0) is 57.2 Å². The van der Waals surface area contributed by atoms with E-state index in [4.69, 9.17) is 0 Å². The predicted octanol–water partition coefficient (Wildman–Crippen LogP) is 4.31. The van der Waals surface area contributed by atoms with Crippen LogP contribution < -0.4 is 9.62 Å². The summed E-state index contributed by atoms with van der Waals surface area (Å²) in [6.45, 7) is 8.42. The van der Waals surface area contributed by atoms with Crippen LogP contribution in [0, 0.1) is 6.92 Å². The minimum Gasteiger partial charge on any atom is -0.352 e. The summed E-state index contributed by atoms with van der Waals surface area (Å²) in [5.74, 6) is -0.292. The maximum atomic E-state index is 13.4. The van der Waals surface area contributed by atoms with Crippen LogP contribution in [0.1, 0.15) is 57.6 Å². The fourth-order valence-electron chi connectivity index (χ4n) is 4.05. The van der Waals surface area contributed by atoms with Crippen molar-refractivity contribution in [2.45, 2.75) is 71.9 Å². The van der Waals surface area contributed by atoms with Gasteiger partial charge >= 0.3 is 0 Å². The van der Waals surface area contributed by atoms with Crippen LogP contribution in [0.4, 0.5) is 5.69 Å². The molecule has 2 aromatic carbocycles. The summed E-state index contributed by atoms with van der Waals surface area (Å²) >= 11 is 0. The first-order valence-corrected chi connectivity index (χ1v) is 14.6. The second-order valence-electron chi connectivity index (χ2n) is 9.34. The monoisotopic (exact) mass is 515 g/mol. The van der Waals surface area contributed by atoms with E-state index in [0.717, 1.165) is 17.5 Å². The molecule has 0 unspecified atom stereocenters. The van der Waals surface area contributed by atoms with Gasteiger partial charge in [0.2, 0.25) is 21.8 Å². The molecule has 0 fully saturated rings. The Morgan fingerprint density at radius 3 is 2.14 bits per heavy atom. The van der Waals surface area contributed by atoms with Crippen molar-refractivity contribution in [1.29, 1.82) is 0 Å². The lowest BCUT2D eigenvalue weighted by Gasteiger charge is -2.32. The van der Waals surface area contributed by atoms with Crippen molar-refractivity contribution in [3.8, 4) is 0 Å². The van der Waals surface area contributed by atoms with E-state index < -0.39 is 16.1 Å². The van der Waals surface area contributed by atoms with Crippen LogP contribution in [0.3, 0.4) is 0 Å². The molecule has 198 valence electrons. The van der Waals surface area contributed by atoms with Gasteiger partial charge in [0.1, 0.15) is 6.04 Å². The molecular formula is C28H41N3O4S. The minimum atomic E-state index is -3.50. The third kappa shape index (κ3) is 8.97. The third-order valence-electron chi connectivity index (χ3n) is 6.35. The highest BCUT2D eigenvalue weighted by Gasteiger charge is 2.29. The molecule has 2 aromatic rings. The number of benzene rings is 2. The molecular weight excluding hydrogens is 474 g/mol. The maximum Gasteiger partial charge on any atom is 0.243 e. The van der Waals surface area contributed by atoms with Crippen LogP contribution in [0.5, 0.6) is 0 Å². The van der Waals surface area contributed by atoms with Gasteiger partial charge in [0, 0.05) is 25.6 Å². The lowest BCUT2D eigenvalue weighted by Crippen LogP contribution is -2.51. The Kier molecular flexibility index (Phi) is 11.4. The molecule has 0 aliphatic carbocycles. The SMILES string of the molecule is CC[C@H](C)NC(=O)[C@H](CC)N(CCc1ccccc1)C(=O)CCCN(c1ccc(C)cc1)S(C)(=O)=O.